The number of hydrogen-bond donors (Lipinski definition) is 0. The molecule has 2 aromatic heterocycles. The third kappa shape index (κ3) is 6.54. The van der Waals surface area contributed by atoms with Crippen molar-refractivity contribution in [2.45, 2.75) is 79.8 Å². The highest BCUT2D eigenvalue weighted by molar-refractivity contribution is 6.20. The number of allylic oxidation sites excluding steroid dienone is 8. The lowest BCUT2D eigenvalue weighted by molar-refractivity contribution is 0.142. The maximum Gasteiger partial charge on any atom is 0.213 e. The quantitative estimate of drug-likeness (QED) is 0.165. The van der Waals surface area contributed by atoms with Gasteiger partial charge in [0.25, 0.3) is 0 Å². The van der Waals surface area contributed by atoms with E-state index in [1.54, 1.807) is 6.08 Å². The highest BCUT2D eigenvalue weighted by atomic mass is 16.5. The molecule has 51 heavy (non-hydrogen) atoms. The van der Waals surface area contributed by atoms with Crippen molar-refractivity contribution >= 4 is 38.5 Å². The van der Waals surface area contributed by atoms with Crippen molar-refractivity contribution in [3.05, 3.63) is 166 Å². The zero-order valence-electron chi connectivity index (χ0n) is 31.1. The van der Waals surface area contributed by atoms with E-state index in [0.29, 0.717) is 0 Å². The van der Waals surface area contributed by atoms with Crippen LogP contribution in [0.4, 0.5) is 0 Å². The van der Waals surface area contributed by atoms with E-state index < -0.39 is 0 Å². The number of benzene rings is 4. The van der Waals surface area contributed by atoms with E-state index in [1.165, 1.54) is 77.5 Å². The van der Waals surface area contributed by atoms with Crippen LogP contribution in [0.2, 0.25) is 0 Å². The summed E-state index contributed by atoms with van der Waals surface area (Å²) < 4.78 is 15.4. The van der Waals surface area contributed by atoms with Gasteiger partial charge in [-0.25, -0.2) is 0 Å². The highest BCUT2D eigenvalue weighted by Crippen LogP contribution is 2.47. The minimum atomic E-state index is 0.138. The van der Waals surface area contributed by atoms with Crippen LogP contribution < -0.4 is 0 Å². The zero-order chi connectivity index (χ0) is 35.8. The maximum absolute atomic E-state index is 6.63. The summed E-state index contributed by atoms with van der Waals surface area (Å²) in [5.74, 6) is 1.43. The molecule has 3 nitrogen and oxygen atoms in total. The number of aromatic nitrogens is 1. The van der Waals surface area contributed by atoms with Gasteiger partial charge in [-0.1, -0.05) is 109 Å². The number of aryl methyl sites for hydroxylation is 4. The van der Waals surface area contributed by atoms with Crippen LogP contribution in [-0.4, -0.2) is 10.7 Å². The number of furan rings is 1. The SMILES string of the molecule is C=C/C=C(C)\C=C/CC.Cc1ccc(-n2c3cc(C)ccc3c3c4cc(C5=CC6=C(CC5)OC(C)C6c5ccc(C)cc5C)ccc4oc32)cc1. The molecular weight excluding hydrogens is 623 g/mol. The van der Waals surface area contributed by atoms with Gasteiger partial charge in [0.2, 0.25) is 5.71 Å². The van der Waals surface area contributed by atoms with Gasteiger partial charge in [-0.2, -0.15) is 0 Å². The van der Waals surface area contributed by atoms with Gasteiger partial charge in [-0.05, 0) is 113 Å². The molecule has 0 fully saturated rings. The minimum Gasteiger partial charge on any atom is -0.494 e. The van der Waals surface area contributed by atoms with Crippen molar-refractivity contribution in [1.29, 1.82) is 0 Å². The minimum absolute atomic E-state index is 0.138. The molecular formula is C48H49NO2. The Labute approximate surface area is 302 Å². The molecule has 6 aromatic rings. The van der Waals surface area contributed by atoms with E-state index in [-0.39, 0.29) is 12.0 Å². The van der Waals surface area contributed by atoms with Gasteiger partial charge < -0.3 is 9.15 Å². The molecule has 3 heterocycles. The Bertz CT molecular complexity index is 2400. The molecule has 258 valence electrons. The van der Waals surface area contributed by atoms with Crippen molar-refractivity contribution in [1.82, 2.24) is 4.57 Å². The first kappa shape index (κ1) is 34.2. The Morgan fingerprint density at radius 3 is 2.35 bits per heavy atom. The lowest BCUT2D eigenvalue weighted by Crippen LogP contribution is -2.14. The Morgan fingerprint density at radius 1 is 0.863 bits per heavy atom. The van der Waals surface area contributed by atoms with Crippen LogP contribution in [0.15, 0.2) is 137 Å². The fourth-order valence-corrected chi connectivity index (χ4v) is 7.84. The molecule has 1 aliphatic heterocycles. The third-order valence-corrected chi connectivity index (χ3v) is 10.4. The monoisotopic (exact) mass is 671 g/mol. The smallest absolute Gasteiger partial charge is 0.213 e. The molecule has 0 spiro atoms. The van der Waals surface area contributed by atoms with E-state index in [0.717, 1.165) is 36.2 Å². The molecule has 4 aromatic carbocycles. The van der Waals surface area contributed by atoms with Crippen molar-refractivity contribution in [2.24, 2.45) is 0 Å². The predicted octanol–water partition coefficient (Wildman–Crippen LogP) is 13.5. The largest absolute Gasteiger partial charge is 0.494 e. The maximum atomic E-state index is 6.63. The number of ether oxygens (including phenoxy) is 1. The van der Waals surface area contributed by atoms with Crippen LogP contribution in [0.3, 0.4) is 0 Å². The van der Waals surface area contributed by atoms with Crippen LogP contribution in [0.1, 0.15) is 79.3 Å². The van der Waals surface area contributed by atoms with Crippen molar-refractivity contribution < 1.29 is 9.15 Å². The fourth-order valence-electron chi connectivity index (χ4n) is 7.84. The third-order valence-electron chi connectivity index (χ3n) is 10.4. The molecule has 0 amide bonds. The second-order valence-corrected chi connectivity index (χ2v) is 14.4. The standard InChI is InChI=1S/C39H35NO2.C9H14/c1-22-6-12-29(13-7-22)40-34-19-24(3)9-15-31(34)38-33-21-28(11-17-36(33)42-39(38)40)27-10-16-35-32(20-27)37(26(5)41-35)30-14-8-23(2)18-25(30)4;1-4-6-8-9(3)7-5-2/h6-9,11-15,17-21,26,37H,10,16H2,1-5H3;5-8H,2,4H2,1,3H3/b;8-6-,9-7-. The first-order chi connectivity index (χ1) is 24.7. The molecule has 0 bridgehead atoms. The van der Waals surface area contributed by atoms with Gasteiger partial charge in [0.05, 0.1) is 10.9 Å². The van der Waals surface area contributed by atoms with E-state index in [9.17, 15) is 0 Å². The number of nitrogens with zero attached hydrogens (tertiary/aromatic N) is 1. The van der Waals surface area contributed by atoms with Gasteiger partial charge in [0.15, 0.2) is 0 Å². The zero-order valence-corrected chi connectivity index (χ0v) is 31.1. The average Bonchev–Trinajstić information content (AvgIpc) is 3.75. The first-order valence-electron chi connectivity index (χ1n) is 18.3. The molecule has 1 aliphatic carbocycles. The van der Waals surface area contributed by atoms with E-state index >= 15 is 0 Å². The van der Waals surface area contributed by atoms with Gasteiger partial charge >= 0.3 is 0 Å². The van der Waals surface area contributed by atoms with Crippen molar-refractivity contribution in [3.8, 4) is 5.69 Å². The summed E-state index contributed by atoms with van der Waals surface area (Å²) in [6.07, 6.45) is 13.6. The first-order valence-corrected chi connectivity index (χ1v) is 18.3. The van der Waals surface area contributed by atoms with Gasteiger partial charge in [-0.3, -0.25) is 4.57 Å². The Balaban J connectivity index is 0.000000401. The topological polar surface area (TPSA) is 27.3 Å². The van der Waals surface area contributed by atoms with Crippen LogP contribution in [0.25, 0.3) is 44.2 Å². The highest BCUT2D eigenvalue weighted by Gasteiger charge is 2.36. The normalized spacial score (nSPS) is 17.5. The van der Waals surface area contributed by atoms with Crippen LogP contribution in [-0.2, 0) is 4.74 Å². The molecule has 8 rings (SSSR count). The Hall–Kier alpha value is -5.28. The summed E-state index contributed by atoms with van der Waals surface area (Å²) >= 11 is 0. The average molecular weight is 672 g/mol. The van der Waals surface area contributed by atoms with E-state index in [4.69, 9.17) is 9.15 Å². The molecule has 0 saturated carbocycles. The second-order valence-electron chi connectivity index (χ2n) is 14.4. The van der Waals surface area contributed by atoms with Crippen LogP contribution in [0.5, 0.6) is 0 Å². The van der Waals surface area contributed by atoms with Crippen LogP contribution >= 0.6 is 0 Å². The lowest BCUT2D eigenvalue weighted by atomic mass is 9.81. The number of fused-ring (bicyclic) bond motifs is 5. The molecule has 2 unspecified atom stereocenters. The van der Waals surface area contributed by atoms with E-state index in [2.05, 4.69) is 157 Å². The molecule has 3 heteroatoms. The van der Waals surface area contributed by atoms with Crippen LogP contribution in [0, 0.1) is 27.7 Å². The molecule has 2 aliphatic rings. The van der Waals surface area contributed by atoms with E-state index in [1.807, 2.05) is 6.08 Å². The van der Waals surface area contributed by atoms with Gasteiger partial charge in [0.1, 0.15) is 17.4 Å². The summed E-state index contributed by atoms with van der Waals surface area (Å²) in [7, 11) is 0. The van der Waals surface area contributed by atoms with Gasteiger partial charge in [-0.15, -0.1) is 0 Å². The summed E-state index contributed by atoms with van der Waals surface area (Å²) in [4.78, 5) is 0. The second kappa shape index (κ2) is 14.2. The molecule has 0 saturated heterocycles. The molecule has 0 N–H and O–H groups in total. The summed E-state index contributed by atoms with van der Waals surface area (Å²) in [5.41, 5.74) is 15.9. The van der Waals surface area contributed by atoms with Gasteiger partial charge in [0, 0.05) is 34.4 Å². The molecule has 0 radical (unpaired) electrons. The lowest BCUT2D eigenvalue weighted by Gasteiger charge is -2.21. The number of rotatable bonds is 6. The Kier molecular flexibility index (Phi) is 9.48. The molecule has 2 atom stereocenters. The fraction of sp³-hybridized carbons (Fsp3) is 0.250. The summed E-state index contributed by atoms with van der Waals surface area (Å²) in [5, 5.41) is 3.58. The Morgan fingerprint density at radius 2 is 1.61 bits per heavy atom. The van der Waals surface area contributed by atoms with Crippen molar-refractivity contribution in [2.75, 3.05) is 0 Å². The van der Waals surface area contributed by atoms with Crippen molar-refractivity contribution in [3.63, 3.8) is 0 Å². The predicted molar refractivity (Wildman–Crippen MR) is 217 cm³/mol. The summed E-state index contributed by atoms with van der Waals surface area (Å²) in [6.45, 7) is 18.7. The summed E-state index contributed by atoms with van der Waals surface area (Å²) in [6, 6.07) is 29.0. The number of hydrogen-bond acceptors (Lipinski definition) is 2.